The van der Waals surface area contributed by atoms with Gasteiger partial charge in [-0.15, -0.1) is 0 Å². The van der Waals surface area contributed by atoms with Crippen LogP contribution in [-0.4, -0.2) is 44.0 Å². The van der Waals surface area contributed by atoms with Gasteiger partial charge in [-0.25, -0.2) is 0 Å². The van der Waals surface area contributed by atoms with Crippen LogP contribution in [-0.2, 0) is 0 Å². The van der Waals surface area contributed by atoms with Crippen LogP contribution >= 0.6 is 0 Å². The number of nitrogens with zero attached hydrogens (tertiary/aromatic N) is 1. The maximum atomic E-state index is 12.3. The van der Waals surface area contributed by atoms with E-state index in [-0.39, 0.29) is 11.9 Å². The van der Waals surface area contributed by atoms with Gasteiger partial charge < -0.3 is 15.5 Å². The fourth-order valence-corrected chi connectivity index (χ4v) is 2.08. The molecule has 0 saturated heterocycles. The second-order valence-corrected chi connectivity index (χ2v) is 6.09. The Morgan fingerprint density at radius 2 is 1.81 bits per heavy atom. The molecule has 0 aromatic heterocycles. The molecule has 0 spiro atoms. The lowest BCUT2D eigenvalue weighted by Crippen LogP contribution is -2.44. The summed E-state index contributed by atoms with van der Waals surface area (Å²) in [5.41, 5.74) is 1.77. The van der Waals surface area contributed by atoms with Gasteiger partial charge in [0.05, 0.1) is 0 Å². The highest BCUT2D eigenvalue weighted by molar-refractivity contribution is 5.94. The van der Waals surface area contributed by atoms with Gasteiger partial charge in [-0.05, 0) is 50.7 Å². The molecule has 1 rings (SSSR count). The van der Waals surface area contributed by atoms with Gasteiger partial charge in [0, 0.05) is 30.4 Å². The van der Waals surface area contributed by atoms with Crippen LogP contribution in [0.1, 0.15) is 37.6 Å². The standard InChI is InChI=1S/C17H29N3O/c1-6-11-18-15-9-7-14(8-10-15)17(21)19-16(13(2)3)12-20(4)5/h7-10,13,16,18H,6,11-12H2,1-5H3,(H,19,21). The molecule has 0 bridgehead atoms. The highest BCUT2D eigenvalue weighted by atomic mass is 16.1. The molecule has 0 aliphatic heterocycles. The van der Waals surface area contributed by atoms with E-state index in [9.17, 15) is 4.79 Å². The Morgan fingerprint density at radius 1 is 1.19 bits per heavy atom. The van der Waals surface area contributed by atoms with E-state index in [4.69, 9.17) is 0 Å². The number of hydrogen-bond donors (Lipinski definition) is 2. The zero-order chi connectivity index (χ0) is 15.8. The molecule has 0 aliphatic carbocycles. The Labute approximate surface area is 128 Å². The Hall–Kier alpha value is -1.55. The number of benzene rings is 1. The third kappa shape index (κ3) is 6.17. The second kappa shape index (κ2) is 8.67. The predicted molar refractivity (Wildman–Crippen MR) is 89.9 cm³/mol. The van der Waals surface area contributed by atoms with E-state index < -0.39 is 0 Å². The summed E-state index contributed by atoms with van der Waals surface area (Å²) in [4.78, 5) is 14.4. The van der Waals surface area contributed by atoms with E-state index >= 15 is 0 Å². The molecule has 2 N–H and O–H groups in total. The number of hydrogen-bond acceptors (Lipinski definition) is 3. The summed E-state index contributed by atoms with van der Waals surface area (Å²) in [6.07, 6.45) is 1.09. The van der Waals surface area contributed by atoms with Crippen molar-refractivity contribution in [3.63, 3.8) is 0 Å². The molecule has 0 radical (unpaired) electrons. The topological polar surface area (TPSA) is 44.4 Å². The van der Waals surface area contributed by atoms with Crippen molar-refractivity contribution in [2.45, 2.75) is 33.2 Å². The number of carbonyl (C=O) groups excluding carboxylic acids is 1. The van der Waals surface area contributed by atoms with Crippen molar-refractivity contribution in [3.05, 3.63) is 29.8 Å². The maximum Gasteiger partial charge on any atom is 0.251 e. The summed E-state index contributed by atoms with van der Waals surface area (Å²) in [6.45, 7) is 8.19. The average Bonchev–Trinajstić information content (AvgIpc) is 2.44. The third-order valence-electron chi connectivity index (χ3n) is 3.41. The highest BCUT2D eigenvalue weighted by Gasteiger charge is 2.17. The third-order valence-corrected chi connectivity index (χ3v) is 3.41. The summed E-state index contributed by atoms with van der Waals surface area (Å²) in [7, 11) is 4.05. The van der Waals surface area contributed by atoms with Crippen molar-refractivity contribution in [1.82, 2.24) is 10.2 Å². The smallest absolute Gasteiger partial charge is 0.251 e. The largest absolute Gasteiger partial charge is 0.385 e. The minimum absolute atomic E-state index is 0.00223. The van der Waals surface area contributed by atoms with E-state index in [1.54, 1.807) is 0 Å². The van der Waals surface area contributed by atoms with Crippen LogP contribution in [0.2, 0.25) is 0 Å². The normalized spacial score (nSPS) is 12.5. The molecule has 1 unspecified atom stereocenters. The molecule has 4 heteroatoms. The minimum Gasteiger partial charge on any atom is -0.385 e. The fraction of sp³-hybridized carbons (Fsp3) is 0.588. The number of nitrogens with one attached hydrogen (secondary N) is 2. The summed E-state index contributed by atoms with van der Waals surface area (Å²) in [6, 6.07) is 7.83. The minimum atomic E-state index is -0.00223. The second-order valence-electron chi connectivity index (χ2n) is 6.09. The molecule has 4 nitrogen and oxygen atoms in total. The van der Waals surface area contributed by atoms with Crippen molar-refractivity contribution < 1.29 is 4.79 Å². The van der Waals surface area contributed by atoms with Gasteiger partial charge in [0.1, 0.15) is 0 Å². The van der Waals surface area contributed by atoms with Crippen LogP contribution in [0.15, 0.2) is 24.3 Å². The lowest BCUT2D eigenvalue weighted by atomic mass is 10.0. The van der Waals surface area contributed by atoms with Crippen LogP contribution in [0.4, 0.5) is 5.69 Å². The number of carbonyl (C=O) groups is 1. The molecule has 0 fully saturated rings. The van der Waals surface area contributed by atoms with Gasteiger partial charge >= 0.3 is 0 Å². The first kappa shape index (κ1) is 17.5. The highest BCUT2D eigenvalue weighted by Crippen LogP contribution is 2.11. The molecule has 1 aromatic carbocycles. The zero-order valence-electron chi connectivity index (χ0n) is 13.9. The van der Waals surface area contributed by atoms with Crippen LogP contribution in [0.25, 0.3) is 0 Å². The predicted octanol–water partition coefficient (Wildman–Crippen LogP) is 2.82. The molecule has 118 valence electrons. The van der Waals surface area contributed by atoms with Crippen molar-refractivity contribution >= 4 is 11.6 Å². The number of likely N-dealkylation sites (N-methyl/N-ethyl adjacent to an activating group) is 1. The molecule has 21 heavy (non-hydrogen) atoms. The number of anilines is 1. The summed E-state index contributed by atoms with van der Waals surface area (Å²) in [5.74, 6) is 0.402. The first-order valence-corrected chi connectivity index (χ1v) is 7.73. The van der Waals surface area contributed by atoms with Crippen molar-refractivity contribution in [1.29, 1.82) is 0 Å². The summed E-state index contributed by atoms with van der Waals surface area (Å²) >= 11 is 0. The maximum absolute atomic E-state index is 12.3. The Balaban J connectivity index is 2.65. The van der Waals surface area contributed by atoms with Crippen LogP contribution < -0.4 is 10.6 Å². The monoisotopic (exact) mass is 291 g/mol. The van der Waals surface area contributed by atoms with E-state index in [0.717, 1.165) is 25.2 Å². The van der Waals surface area contributed by atoms with E-state index in [0.29, 0.717) is 11.5 Å². The van der Waals surface area contributed by atoms with Gasteiger partial charge in [-0.3, -0.25) is 4.79 Å². The van der Waals surface area contributed by atoms with Crippen LogP contribution in [0.5, 0.6) is 0 Å². The summed E-state index contributed by atoms with van der Waals surface area (Å²) in [5, 5.41) is 6.43. The van der Waals surface area contributed by atoms with Crippen LogP contribution in [0.3, 0.4) is 0 Å². The number of rotatable bonds is 8. The van der Waals surface area contributed by atoms with Crippen molar-refractivity contribution in [2.24, 2.45) is 5.92 Å². The van der Waals surface area contributed by atoms with Gasteiger partial charge in [0.2, 0.25) is 0 Å². The SMILES string of the molecule is CCCNc1ccc(C(=O)NC(CN(C)C)C(C)C)cc1. The van der Waals surface area contributed by atoms with Crippen LogP contribution in [0, 0.1) is 5.92 Å². The first-order chi connectivity index (χ1) is 9.93. The summed E-state index contributed by atoms with van der Waals surface area (Å²) < 4.78 is 0. The molecule has 0 aliphatic rings. The van der Waals surface area contributed by atoms with Gasteiger partial charge in [0.15, 0.2) is 0 Å². The van der Waals surface area contributed by atoms with Crippen molar-refractivity contribution in [3.8, 4) is 0 Å². The molecular formula is C17H29N3O. The molecule has 1 amide bonds. The lowest BCUT2D eigenvalue weighted by molar-refractivity contribution is 0.0916. The Morgan fingerprint density at radius 3 is 2.29 bits per heavy atom. The first-order valence-electron chi connectivity index (χ1n) is 7.73. The lowest BCUT2D eigenvalue weighted by Gasteiger charge is -2.25. The number of amides is 1. The Bertz CT molecular complexity index is 426. The van der Waals surface area contributed by atoms with Gasteiger partial charge in [-0.1, -0.05) is 20.8 Å². The van der Waals surface area contributed by atoms with E-state index in [2.05, 4.69) is 36.3 Å². The molecule has 0 heterocycles. The van der Waals surface area contributed by atoms with Gasteiger partial charge in [-0.2, -0.15) is 0 Å². The fourth-order valence-electron chi connectivity index (χ4n) is 2.08. The molecule has 1 aromatic rings. The average molecular weight is 291 g/mol. The quantitative estimate of drug-likeness (QED) is 0.774. The molecule has 0 saturated carbocycles. The van der Waals surface area contributed by atoms with E-state index in [1.807, 2.05) is 38.4 Å². The Kier molecular flexibility index (Phi) is 7.23. The zero-order valence-corrected chi connectivity index (χ0v) is 13.9. The van der Waals surface area contributed by atoms with E-state index in [1.165, 1.54) is 0 Å². The molecule has 1 atom stereocenters. The molecular weight excluding hydrogens is 262 g/mol. The van der Waals surface area contributed by atoms with Crippen molar-refractivity contribution in [2.75, 3.05) is 32.5 Å². The van der Waals surface area contributed by atoms with Gasteiger partial charge in [0.25, 0.3) is 5.91 Å².